The minimum absolute atomic E-state index is 0.0259. The Kier molecular flexibility index (Phi) is 5.76. The molecule has 0 bridgehead atoms. The van der Waals surface area contributed by atoms with Crippen LogP contribution in [0, 0.1) is 11.8 Å². The maximum Gasteiger partial charge on any atom is 0.250 e. The van der Waals surface area contributed by atoms with Gasteiger partial charge >= 0.3 is 0 Å². The molecule has 2 unspecified atom stereocenters. The highest BCUT2D eigenvalue weighted by Crippen LogP contribution is 2.36. The molecule has 3 aliphatic rings. The van der Waals surface area contributed by atoms with Gasteiger partial charge in [-0.25, -0.2) is 0 Å². The Morgan fingerprint density at radius 3 is 2.70 bits per heavy atom. The second kappa shape index (κ2) is 8.32. The fourth-order valence-corrected chi connectivity index (χ4v) is 4.57. The van der Waals surface area contributed by atoms with Gasteiger partial charge in [0.05, 0.1) is 29.4 Å². The third kappa shape index (κ3) is 4.05. The van der Waals surface area contributed by atoms with Gasteiger partial charge in [0, 0.05) is 42.6 Å². The van der Waals surface area contributed by atoms with Crippen molar-refractivity contribution in [2.45, 2.75) is 19.3 Å². The fourth-order valence-electron chi connectivity index (χ4n) is 4.20. The van der Waals surface area contributed by atoms with Crippen molar-refractivity contribution < 1.29 is 24.0 Å². The maximum absolute atomic E-state index is 12.9. The lowest BCUT2D eigenvalue weighted by Crippen LogP contribution is -2.50. The summed E-state index contributed by atoms with van der Waals surface area (Å²) in [5, 5.41) is 5.36. The van der Waals surface area contributed by atoms with Gasteiger partial charge < -0.3 is 10.2 Å². The molecule has 2 aliphatic heterocycles. The summed E-state index contributed by atoms with van der Waals surface area (Å²) in [6.07, 6.45) is 1.11. The molecule has 4 amide bonds. The van der Waals surface area contributed by atoms with Gasteiger partial charge in [-0.05, 0) is 30.5 Å². The summed E-state index contributed by atoms with van der Waals surface area (Å²) in [6.45, 7) is 1.09. The SMILES string of the molecule is O=C1CCC(C2Cc3ccc(NCC(=O)N4CCN(I)C(=O)C4)cc3C2=O)C(=O)N1. The first-order valence-electron chi connectivity index (χ1n) is 9.82. The van der Waals surface area contributed by atoms with Crippen LogP contribution in [0.1, 0.15) is 28.8 Å². The maximum atomic E-state index is 12.9. The fraction of sp³-hybridized carbons (Fsp3) is 0.450. The minimum Gasteiger partial charge on any atom is -0.376 e. The van der Waals surface area contributed by atoms with Crippen molar-refractivity contribution in [2.75, 3.05) is 31.5 Å². The number of ketones is 1. The average Bonchev–Trinajstić information content (AvgIpc) is 3.04. The summed E-state index contributed by atoms with van der Waals surface area (Å²) in [4.78, 5) is 62.1. The van der Waals surface area contributed by atoms with Crippen molar-refractivity contribution in [2.24, 2.45) is 11.8 Å². The number of rotatable bonds is 4. The van der Waals surface area contributed by atoms with E-state index in [2.05, 4.69) is 10.6 Å². The summed E-state index contributed by atoms with van der Waals surface area (Å²) < 4.78 is 1.57. The van der Waals surface area contributed by atoms with Crippen LogP contribution in [0.15, 0.2) is 18.2 Å². The molecule has 30 heavy (non-hydrogen) atoms. The number of halogens is 1. The highest BCUT2D eigenvalue weighted by atomic mass is 127. The number of nitrogens with zero attached hydrogens (tertiary/aromatic N) is 2. The van der Waals surface area contributed by atoms with Crippen molar-refractivity contribution >= 4 is 58.0 Å². The summed E-state index contributed by atoms with van der Waals surface area (Å²) in [5.74, 6) is -1.99. The first-order chi connectivity index (χ1) is 14.3. The van der Waals surface area contributed by atoms with Crippen molar-refractivity contribution in [1.29, 1.82) is 0 Å². The number of benzene rings is 1. The second-order valence-corrected chi connectivity index (χ2v) is 8.92. The number of carbonyl (C=O) groups excluding carboxylic acids is 5. The zero-order valence-electron chi connectivity index (χ0n) is 16.2. The van der Waals surface area contributed by atoms with Crippen molar-refractivity contribution in [3.8, 4) is 0 Å². The molecule has 4 rings (SSSR count). The lowest BCUT2D eigenvalue weighted by Gasteiger charge is -2.30. The monoisotopic (exact) mass is 524 g/mol. The quantitative estimate of drug-likeness (QED) is 0.338. The lowest BCUT2D eigenvalue weighted by atomic mass is 9.83. The molecular weight excluding hydrogens is 503 g/mol. The number of amides is 4. The van der Waals surface area contributed by atoms with Crippen LogP contribution in [0.2, 0.25) is 0 Å². The Morgan fingerprint density at radius 1 is 1.17 bits per heavy atom. The predicted molar refractivity (Wildman–Crippen MR) is 115 cm³/mol. The molecule has 2 heterocycles. The van der Waals surface area contributed by atoms with E-state index in [1.165, 1.54) is 4.90 Å². The standard InChI is InChI=1S/C20H21IN4O5/c21-25-6-5-24(10-18(25)28)17(27)9-22-12-2-1-11-7-15(19(29)14(11)8-12)13-3-4-16(26)23-20(13)30/h1-2,8,13,15,22H,3-7,9-10H2,(H,23,26,30). The highest BCUT2D eigenvalue weighted by molar-refractivity contribution is 14.1. The van der Waals surface area contributed by atoms with Crippen LogP contribution in [0.4, 0.5) is 5.69 Å². The first-order valence-corrected chi connectivity index (χ1v) is 10.8. The molecule has 158 valence electrons. The summed E-state index contributed by atoms with van der Waals surface area (Å²) in [7, 11) is 0. The average molecular weight is 524 g/mol. The van der Waals surface area contributed by atoms with E-state index in [9.17, 15) is 24.0 Å². The number of nitrogens with one attached hydrogen (secondary N) is 2. The van der Waals surface area contributed by atoms with Crippen molar-refractivity contribution in [1.82, 2.24) is 13.3 Å². The Hall–Kier alpha value is -2.50. The van der Waals surface area contributed by atoms with Gasteiger partial charge in [-0.2, -0.15) is 0 Å². The zero-order chi connectivity index (χ0) is 21.4. The topological polar surface area (TPSA) is 116 Å². The number of carbonyl (C=O) groups is 5. The molecule has 2 N–H and O–H groups in total. The molecule has 2 fully saturated rings. The van der Waals surface area contributed by atoms with E-state index in [1.54, 1.807) is 15.2 Å². The number of fused-ring (bicyclic) bond motifs is 1. The van der Waals surface area contributed by atoms with Gasteiger partial charge in [-0.15, -0.1) is 0 Å². The molecule has 0 spiro atoms. The van der Waals surface area contributed by atoms with E-state index >= 15 is 0 Å². The largest absolute Gasteiger partial charge is 0.376 e. The molecule has 2 atom stereocenters. The van der Waals surface area contributed by atoms with Gasteiger partial charge in [-0.1, -0.05) is 6.07 Å². The van der Waals surface area contributed by atoms with Crippen LogP contribution < -0.4 is 10.6 Å². The first kappa shape index (κ1) is 20.8. The molecule has 1 aromatic carbocycles. The predicted octanol–water partition coefficient (Wildman–Crippen LogP) is 0.527. The molecule has 0 radical (unpaired) electrons. The van der Waals surface area contributed by atoms with Gasteiger partial charge in [0.15, 0.2) is 5.78 Å². The van der Waals surface area contributed by atoms with E-state index in [0.29, 0.717) is 37.2 Å². The Balaban J connectivity index is 1.39. The zero-order valence-corrected chi connectivity index (χ0v) is 18.3. The highest BCUT2D eigenvalue weighted by Gasteiger charge is 2.41. The minimum atomic E-state index is -0.491. The number of hydrogen-bond donors (Lipinski definition) is 2. The van der Waals surface area contributed by atoms with Gasteiger partial charge in [-0.3, -0.25) is 32.4 Å². The second-order valence-electron chi connectivity index (χ2n) is 7.75. The summed E-state index contributed by atoms with van der Waals surface area (Å²) >= 11 is 1.94. The van der Waals surface area contributed by atoms with Gasteiger partial charge in [0.2, 0.25) is 17.7 Å². The van der Waals surface area contributed by atoms with Gasteiger partial charge in [0.1, 0.15) is 6.54 Å². The van der Waals surface area contributed by atoms with Crippen LogP contribution in [0.25, 0.3) is 0 Å². The Bertz CT molecular complexity index is 949. The van der Waals surface area contributed by atoms with Crippen LogP contribution in [-0.4, -0.2) is 63.6 Å². The number of hydrogen-bond acceptors (Lipinski definition) is 6. The number of anilines is 1. The van der Waals surface area contributed by atoms with E-state index in [-0.39, 0.29) is 48.9 Å². The van der Waals surface area contributed by atoms with Crippen LogP contribution in [0.5, 0.6) is 0 Å². The third-order valence-electron chi connectivity index (χ3n) is 5.88. The van der Waals surface area contributed by atoms with Crippen molar-refractivity contribution in [3.05, 3.63) is 29.3 Å². The van der Waals surface area contributed by atoms with Crippen LogP contribution in [0.3, 0.4) is 0 Å². The molecular formula is C20H21IN4O5. The normalized spacial score (nSPS) is 24.0. The van der Waals surface area contributed by atoms with E-state index in [0.717, 1.165) is 5.56 Å². The van der Waals surface area contributed by atoms with E-state index in [1.807, 2.05) is 28.9 Å². The number of piperazine rings is 1. The van der Waals surface area contributed by atoms with E-state index in [4.69, 9.17) is 0 Å². The van der Waals surface area contributed by atoms with Gasteiger partial charge in [0.25, 0.3) is 5.91 Å². The smallest absolute Gasteiger partial charge is 0.250 e. The number of piperidine rings is 1. The van der Waals surface area contributed by atoms with Crippen LogP contribution in [-0.2, 0) is 25.6 Å². The van der Waals surface area contributed by atoms with E-state index < -0.39 is 11.8 Å². The molecule has 9 nitrogen and oxygen atoms in total. The molecule has 0 saturated carbocycles. The molecule has 0 aromatic heterocycles. The van der Waals surface area contributed by atoms with Crippen LogP contribution >= 0.6 is 22.9 Å². The third-order valence-corrected chi connectivity index (χ3v) is 6.90. The molecule has 2 saturated heterocycles. The lowest BCUT2D eigenvalue weighted by molar-refractivity contribution is -0.139. The Labute approximate surface area is 187 Å². The van der Waals surface area contributed by atoms with Crippen molar-refractivity contribution in [3.63, 3.8) is 0 Å². The molecule has 1 aliphatic carbocycles. The number of imide groups is 1. The number of Topliss-reactive ketones (excluding diaryl/α,β-unsaturated/α-hetero) is 1. The molecule has 1 aromatic rings. The molecule has 10 heteroatoms. The Morgan fingerprint density at radius 2 is 1.97 bits per heavy atom. The summed E-state index contributed by atoms with van der Waals surface area (Å²) in [6, 6.07) is 5.36. The summed E-state index contributed by atoms with van der Waals surface area (Å²) in [5.41, 5.74) is 2.06.